The number of hydrogen-bond donors (Lipinski definition) is 1. The van der Waals surface area contributed by atoms with Crippen LogP contribution in [-0.2, 0) is 4.79 Å². The minimum atomic E-state index is -0.260. The van der Waals surface area contributed by atoms with Gasteiger partial charge in [-0.1, -0.05) is 35.2 Å². The van der Waals surface area contributed by atoms with Crippen LogP contribution in [0.15, 0.2) is 35.7 Å². The number of nitrogens with one attached hydrogen (secondary N) is 1. The maximum Gasteiger partial charge on any atom is 0.239 e. The molecule has 0 saturated heterocycles. The van der Waals surface area contributed by atoms with Crippen molar-refractivity contribution in [3.8, 4) is 0 Å². The highest BCUT2D eigenvalue weighted by Gasteiger charge is 2.28. The van der Waals surface area contributed by atoms with Crippen LogP contribution >= 0.6 is 23.1 Å². The van der Waals surface area contributed by atoms with Gasteiger partial charge in [-0.25, -0.2) is 4.98 Å². The Hall–Kier alpha value is -1.93. The van der Waals surface area contributed by atoms with E-state index in [1.54, 1.807) is 6.33 Å². The highest BCUT2D eigenvalue weighted by Crippen LogP contribution is 2.38. The Morgan fingerprint density at radius 3 is 3.04 bits per heavy atom. The lowest BCUT2D eigenvalue weighted by atomic mass is 10.3. The van der Waals surface area contributed by atoms with Gasteiger partial charge in [0.15, 0.2) is 10.3 Å². The van der Waals surface area contributed by atoms with Gasteiger partial charge in [-0.05, 0) is 31.9 Å². The van der Waals surface area contributed by atoms with Gasteiger partial charge in [0.2, 0.25) is 5.91 Å². The Morgan fingerprint density at radius 2 is 2.26 bits per heavy atom. The van der Waals surface area contributed by atoms with Crippen LogP contribution in [0.4, 0.5) is 5.13 Å². The summed E-state index contributed by atoms with van der Waals surface area (Å²) in [5.74, 6) is -0.0700. The van der Waals surface area contributed by atoms with Gasteiger partial charge in [-0.3, -0.25) is 4.79 Å². The van der Waals surface area contributed by atoms with Crippen molar-refractivity contribution in [2.24, 2.45) is 0 Å². The molecule has 6 nitrogen and oxygen atoms in total. The van der Waals surface area contributed by atoms with Crippen LogP contribution in [0.25, 0.3) is 10.2 Å². The quantitative estimate of drug-likeness (QED) is 0.718. The van der Waals surface area contributed by atoms with Gasteiger partial charge in [-0.2, -0.15) is 0 Å². The molecule has 0 bridgehead atoms. The zero-order valence-electron chi connectivity index (χ0n) is 12.5. The van der Waals surface area contributed by atoms with Crippen molar-refractivity contribution in [1.82, 2.24) is 19.7 Å². The summed E-state index contributed by atoms with van der Waals surface area (Å²) in [6, 6.07) is 8.36. The van der Waals surface area contributed by atoms with E-state index in [4.69, 9.17) is 0 Å². The number of benzene rings is 1. The SMILES string of the molecule is CC(Sc1nncn1C1CC1)C(=O)Nc1nc2ccccc2s1. The average Bonchev–Trinajstić information content (AvgIpc) is 3.14. The summed E-state index contributed by atoms with van der Waals surface area (Å²) in [6.07, 6.45) is 4.08. The minimum absolute atomic E-state index is 0.0700. The van der Waals surface area contributed by atoms with Crippen molar-refractivity contribution in [3.05, 3.63) is 30.6 Å². The molecular weight excluding hydrogens is 330 g/mol. The summed E-state index contributed by atoms with van der Waals surface area (Å²) in [7, 11) is 0. The average molecular weight is 345 g/mol. The van der Waals surface area contributed by atoms with Crippen LogP contribution < -0.4 is 5.32 Å². The zero-order valence-corrected chi connectivity index (χ0v) is 14.1. The second kappa shape index (κ2) is 5.93. The first-order valence-corrected chi connectivity index (χ1v) is 9.13. The third kappa shape index (κ3) is 3.09. The molecule has 0 radical (unpaired) electrons. The maximum atomic E-state index is 12.4. The molecule has 1 unspecified atom stereocenters. The number of fused-ring (bicyclic) bond motifs is 1. The number of amides is 1. The highest BCUT2D eigenvalue weighted by atomic mass is 32.2. The molecule has 0 spiro atoms. The lowest BCUT2D eigenvalue weighted by Gasteiger charge is -2.10. The molecule has 118 valence electrons. The Bertz CT molecular complexity index is 821. The summed E-state index contributed by atoms with van der Waals surface area (Å²) in [5.41, 5.74) is 0.904. The van der Waals surface area contributed by atoms with Crippen molar-refractivity contribution in [3.63, 3.8) is 0 Å². The van der Waals surface area contributed by atoms with Gasteiger partial charge in [0.25, 0.3) is 0 Å². The standard InChI is InChI=1S/C15H15N5OS2/c1-9(22-15-19-16-8-20(15)10-6-7-10)13(21)18-14-17-11-4-2-3-5-12(11)23-14/h2-5,8-10H,6-7H2,1H3,(H,17,18,21). The van der Waals surface area contributed by atoms with Gasteiger partial charge in [0.05, 0.1) is 15.5 Å². The number of carbonyl (C=O) groups is 1. The zero-order chi connectivity index (χ0) is 15.8. The fraction of sp³-hybridized carbons (Fsp3) is 0.333. The van der Waals surface area contributed by atoms with E-state index in [-0.39, 0.29) is 11.2 Å². The van der Waals surface area contributed by atoms with E-state index in [0.717, 1.165) is 28.2 Å². The number of nitrogens with zero attached hydrogens (tertiary/aromatic N) is 4. The molecule has 1 fully saturated rings. The number of hydrogen-bond acceptors (Lipinski definition) is 6. The predicted molar refractivity (Wildman–Crippen MR) is 91.9 cm³/mol. The van der Waals surface area contributed by atoms with Crippen LogP contribution in [0.2, 0.25) is 0 Å². The summed E-state index contributed by atoms with van der Waals surface area (Å²) in [6.45, 7) is 1.87. The van der Waals surface area contributed by atoms with Gasteiger partial charge < -0.3 is 9.88 Å². The summed E-state index contributed by atoms with van der Waals surface area (Å²) < 4.78 is 3.13. The summed E-state index contributed by atoms with van der Waals surface area (Å²) in [5, 5.41) is 12.2. The molecular formula is C15H15N5OS2. The van der Waals surface area contributed by atoms with Crippen molar-refractivity contribution in [2.75, 3.05) is 5.32 Å². The van der Waals surface area contributed by atoms with Gasteiger partial charge in [0.1, 0.15) is 6.33 Å². The number of rotatable bonds is 5. The third-order valence-electron chi connectivity index (χ3n) is 3.66. The van der Waals surface area contributed by atoms with Crippen molar-refractivity contribution < 1.29 is 4.79 Å². The molecule has 2 aromatic heterocycles. The van der Waals surface area contributed by atoms with E-state index in [0.29, 0.717) is 11.2 Å². The predicted octanol–water partition coefficient (Wildman–Crippen LogP) is 3.34. The lowest BCUT2D eigenvalue weighted by Crippen LogP contribution is -2.22. The van der Waals surface area contributed by atoms with Crippen molar-refractivity contribution >= 4 is 44.4 Å². The van der Waals surface area contributed by atoms with E-state index in [9.17, 15) is 4.79 Å². The maximum absolute atomic E-state index is 12.4. The first kappa shape index (κ1) is 14.6. The number of thioether (sulfide) groups is 1. The second-order valence-electron chi connectivity index (χ2n) is 5.49. The molecule has 3 aromatic rings. The fourth-order valence-corrected chi connectivity index (χ4v) is 4.03. The second-order valence-corrected chi connectivity index (χ2v) is 7.83. The molecule has 8 heteroatoms. The molecule has 1 atom stereocenters. The van der Waals surface area contributed by atoms with Crippen LogP contribution in [-0.4, -0.2) is 30.9 Å². The van der Waals surface area contributed by atoms with Crippen molar-refractivity contribution in [1.29, 1.82) is 0 Å². The molecule has 2 heterocycles. The minimum Gasteiger partial charge on any atom is -0.306 e. The molecule has 0 aliphatic heterocycles. The largest absolute Gasteiger partial charge is 0.306 e. The molecule has 4 rings (SSSR count). The van der Waals surface area contributed by atoms with Gasteiger partial charge >= 0.3 is 0 Å². The molecule has 1 aromatic carbocycles. The Balaban J connectivity index is 1.44. The molecule has 1 amide bonds. The summed E-state index contributed by atoms with van der Waals surface area (Å²) in [4.78, 5) is 16.8. The molecule has 23 heavy (non-hydrogen) atoms. The van der Waals surface area contributed by atoms with Crippen LogP contribution in [0.3, 0.4) is 0 Å². The monoisotopic (exact) mass is 345 g/mol. The van der Waals surface area contributed by atoms with Crippen LogP contribution in [0.5, 0.6) is 0 Å². The Morgan fingerprint density at radius 1 is 1.43 bits per heavy atom. The number of thiazole rings is 1. The smallest absolute Gasteiger partial charge is 0.239 e. The van der Waals surface area contributed by atoms with E-state index >= 15 is 0 Å². The van der Waals surface area contributed by atoms with Gasteiger partial charge in [0, 0.05) is 6.04 Å². The van der Waals surface area contributed by atoms with E-state index < -0.39 is 0 Å². The molecule has 1 N–H and O–H groups in total. The number of carbonyl (C=O) groups excluding carboxylic acids is 1. The number of anilines is 1. The van der Waals surface area contributed by atoms with E-state index in [2.05, 4.69) is 25.1 Å². The van der Waals surface area contributed by atoms with Crippen molar-refractivity contribution in [2.45, 2.75) is 36.2 Å². The van der Waals surface area contributed by atoms with Gasteiger partial charge in [-0.15, -0.1) is 10.2 Å². The highest BCUT2D eigenvalue weighted by molar-refractivity contribution is 8.00. The molecule has 1 saturated carbocycles. The Kier molecular flexibility index (Phi) is 3.78. The van der Waals surface area contributed by atoms with E-state index in [1.807, 2.05) is 31.2 Å². The summed E-state index contributed by atoms with van der Waals surface area (Å²) >= 11 is 2.92. The lowest BCUT2D eigenvalue weighted by molar-refractivity contribution is -0.115. The number of aromatic nitrogens is 4. The molecule has 1 aliphatic rings. The topological polar surface area (TPSA) is 72.7 Å². The van der Waals surface area contributed by atoms with Crippen LogP contribution in [0.1, 0.15) is 25.8 Å². The molecule has 1 aliphatic carbocycles. The number of para-hydroxylation sites is 1. The first-order valence-electron chi connectivity index (χ1n) is 7.43. The first-order chi connectivity index (χ1) is 11.2. The third-order valence-corrected chi connectivity index (χ3v) is 5.68. The van der Waals surface area contributed by atoms with E-state index in [1.165, 1.54) is 23.1 Å². The fourth-order valence-electron chi connectivity index (χ4n) is 2.26. The normalized spacial score (nSPS) is 15.7. The van der Waals surface area contributed by atoms with Crippen LogP contribution in [0, 0.1) is 0 Å². The Labute approximate surface area is 141 Å².